The first-order chi connectivity index (χ1) is 16.6. The lowest BCUT2D eigenvalue weighted by Crippen LogP contribution is -2.19. The molecule has 1 saturated carbocycles. The third-order valence-electron chi connectivity index (χ3n) is 5.97. The molecule has 6 rings (SSSR count). The molecule has 0 spiro atoms. The number of carbonyl (C=O) groups is 1. The number of pyridine rings is 2. The van der Waals surface area contributed by atoms with Crippen LogP contribution in [0.5, 0.6) is 0 Å². The highest BCUT2D eigenvalue weighted by Gasteiger charge is 2.23. The molecule has 9 heteroatoms. The number of halogens is 1. The molecule has 0 radical (unpaired) electrons. The number of aromatic nitrogens is 5. The minimum Gasteiger partial charge on any atom is -0.379 e. The number of hydrogen-bond acceptors (Lipinski definition) is 5. The van der Waals surface area contributed by atoms with E-state index in [2.05, 4.69) is 54.5 Å². The van der Waals surface area contributed by atoms with E-state index in [1.807, 2.05) is 18.2 Å². The Balaban J connectivity index is 1.10. The van der Waals surface area contributed by atoms with Crippen molar-refractivity contribution >= 4 is 45.7 Å². The molecule has 2 N–H and O–H groups in total. The maximum Gasteiger partial charge on any atom is 0.245 e. The van der Waals surface area contributed by atoms with Crippen LogP contribution in [-0.4, -0.2) is 29.8 Å². The van der Waals surface area contributed by atoms with Gasteiger partial charge in [0.2, 0.25) is 5.91 Å². The minimum atomic E-state index is -0.198. The van der Waals surface area contributed by atoms with Crippen molar-refractivity contribution in [1.82, 2.24) is 23.9 Å². The van der Waals surface area contributed by atoms with E-state index in [-0.39, 0.29) is 12.5 Å². The summed E-state index contributed by atoms with van der Waals surface area (Å²) in [6.07, 6.45) is 10.1. The Morgan fingerprint density at radius 1 is 1.09 bits per heavy atom. The molecular weight excluding hydrogens is 450 g/mol. The molecule has 0 atom stereocenters. The van der Waals surface area contributed by atoms with Crippen molar-refractivity contribution in [3.8, 4) is 0 Å². The van der Waals surface area contributed by atoms with Crippen LogP contribution in [0.25, 0.3) is 16.7 Å². The highest BCUT2D eigenvalue weighted by molar-refractivity contribution is 6.31. The summed E-state index contributed by atoms with van der Waals surface area (Å²) in [4.78, 5) is 25.9. The zero-order valence-electron chi connectivity index (χ0n) is 18.3. The number of benzene rings is 1. The van der Waals surface area contributed by atoms with Crippen LogP contribution in [0, 0.1) is 0 Å². The predicted octanol–water partition coefficient (Wildman–Crippen LogP) is 4.86. The number of hydrogen-bond donors (Lipinski definition) is 2. The first-order valence-corrected chi connectivity index (χ1v) is 11.6. The molecule has 1 fully saturated rings. The maximum absolute atomic E-state index is 12.6. The monoisotopic (exact) mass is 471 g/mol. The normalized spacial score (nSPS) is 13.4. The highest BCUT2D eigenvalue weighted by atomic mass is 35.5. The Bertz CT molecular complexity index is 1520. The SMILES string of the molecule is O=C(Cn1cnc2ccc(Cl)cc21)Nc1cc(NCc2cn3cc(C4CC4)ccc3n2)ccn1. The number of imidazole rings is 2. The largest absolute Gasteiger partial charge is 0.379 e. The summed E-state index contributed by atoms with van der Waals surface area (Å²) in [6.45, 7) is 0.680. The van der Waals surface area contributed by atoms with Crippen molar-refractivity contribution in [2.45, 2.75) is 31.8 Å². The van der Waals surface area contributed by atoms with E-state index < -0.39 is 0 Å². The van der Waals surface area contributed by atoms with Crippen molar-refractivity contribution in [3.63, 3.8) is 0 Å². The van der Waals surface area contributed by atoms with Gasteiger partial charge in [0.1, 0.15) is 18.0 Å². The molecule has 4 heterocycles. The number of rotatable bonds is 7. The number of nitrogens with one attached hydrogen (secondary N) is 2. The molecule has 0 saturated heterocycles. The van der Waals surface area contributed by atoms with Crippen LogP contribution in [0.2, 0.25) is 5.02 Å². The minimum absolute atomic E-state index is 0.111. The quantitative estimate of drug-likeness (QED) is 0.354. The smallest absolute Gasteiger partial charge is 0.245 e. The number of carbonyl (C=O) groups excluding carboxylic acids is 1. The molecule has 1 amide bonds. The molecule has 0 aliphatic heterocycles. The van der Waals surface area contributed by atoms with E-state index in [1.54, 1.807) is 29.2 Å². The summed E-state index contributed by atoms with van der Waals surface area (Å²) >= 11 is 6.09. The number of nitrogens with zero attached hydrogens (tertiary/aromatic N) is 5. The van der Waals surface area contributed by atoms with Gasteiger partial charge in [-0.2, -0.15) is 0 Å². The molecule has 1 aromatic carbocycles. The van der Waals surface area contributed by atoms with E-state index in [4.69, 9.17) is 11.6 Å². The van der Waals surface area contributed by atoms with Gasteiger partial charge in [-0.1, -0.05) is 17.7 Å². The van der Waals surface area contributed by atoms with Crippen LogP contribution < -0.4 is 10.6 Å². The van der Waals surface area contributed by atoms with Gasteiger partial charge >= 0.3 is 0 Å². The van der Waals surface area contributed by atoms with E-state index in [1.165, 1.54) is 18.4 Å². The van der Waals surface area contributed by atoms with Crippen molar-refractivity contribution < 1.29 is 4.79 Å². The van der Waals surface area contributed by atoms with E-state index in [9.17, 15) is 4.79 Å². The van der Waals surface area contributed by atoms with Gasteiger partial charge in [0.15, 0.2) is 0 Å². The Morgan fingerprint density at radius 3 is 2.88 bits per heavy atom. The fourth-order valence-corrected chi connectivity index (χ4v) is 4.27. The van der Waals surface area contributed by atoms with Gasteiger partial charge in [-0.25, -0.2) is 15.0 Å². The second kappa shape index (κ2) is 8.46. The highest BCUT2D eigenvalue weighted by Crippen LogP contribution is 2.39. The molecule has 4 aromatic heterocycles. The second-order valence-electron chi connectivity index (χ2n) is 8.57. The maximum atomic E-state index is 12.6. The van der Waals surface area contributed by atoms with Gasteiger partial charge < -0.3 is 19.6 Å². The lowest BCUT2D eigenvalue weighted by atomic mass is 10.2. The number of fused-ring (bicyclic) bond motifs is 2. The molecule has 1 aliphatic rings. The summed E-state index contributed by atoms with van der Waals surface area (Å²) < 4.78 is 3.85. The van der Waals surface area contributed by atoms with Gasteiger partial charge in [-0.3, -0.25) is 4.79 Å². The molecule has 34 heavy (non-hydrogen) atoms. The third kappa shape index (κ3) is 4.32. The van der Waals surface area contributed by atoms with Crippen molar-refractivity contribution in [2.24, 2.45) is 0 Å². The fraction of sp³-hybridized carbons (Fsp3) is 0.200. The average molecular weight is 472 g/mol. The van der Waals surface area contributed by atoms with Crippen LogP contribution in [0.4, 0.5) is 11.5 Å². The molecule has 1 aliphatic carbocycles. The van der Waals surface area contributed by atoms with Crippen LogP contribution in [0.15, 0.2) is 67.4 Å². The Morgan fingerprint density at radius 2 is 2.00 bits per heavy atom. The van der Waals surface area contributed by atoms with E-state index in [0.717, 1.165) is 28.1 Å². The molecule has 5 aromatic rings. The van der Waals surface area contributed by atoms with Gasteiger partial charge in [0.05, 0.1) is 29.6 Å². The number of anilines is 2. The summed E-state index contributed by atoms with van der Waals surface area (Å²) in [5.41, 5.74) is 5.71. The molecule has 170 valence electrons. The first-order valence-electron chi connectivity index (χ1n) is 11.2. The van der Waals surface area contributed by atoms with Gasteiger partial charge in [0, 0.05) is 35.4 Å². The van der Waals surface area contributed by atoms with Gasteiger partial charge in [0.25, 0.3) is 0 Å². The Labute approximate surface area is 200 Å². The Hall–Kier alpha value is -3.91. The van der Waals surface area contributed by atoms with Crippen LogP contribution >= 0.6 is 11.6 Å². The summed E-state index contributed by atoms with van der Waals surface area (Å²) in [5, 5.41) is 6.82. The molecule has 8 nitrogen and oxygen atoms in total. The van der Waals surface area contributed by atoms with Crippen molar-refractivity contribution in [1.29, 1.82) is 0 Å². The van der Waals surface area contributed by atoms with E-state index in [0.29, 0.717) is 23.3 Å². The number of amides is 1. The first kappa shape index (κ1) is 20.7. The van der Waals surface area contributed by atoms with Crippen LogP contribution in [-0.2, 0) is 17.9 Å². The predicted molar refractivity (Wildman–Crippen MR) is 132 cm³/mol. The zero-order valence-corrected chi connectivity index (χ0v) is 19.0. The summed E-state index contributed by atoms with van der Waals surface area (Å²) in [6, 6.07) is 13.3. The second-order valence-corrected chi connectivity index (χ2v) is 9.01. The lowest BCUT2D eigenvalue weighted by molar-refractivity contribution is -0.116. The fourth-order valence-electron chi connectivity index (χ4n) is 4.10. The molecular formula is C25H22ClN7O. The third-order valence-corrected chi connectivity index (χ3v) is 6.21. The van der Waals surface area contributed by atoms with Crippen molar-refractivity contribution in [2.75, 3.05) is 10.6 Å². The van der Waals surface area contributed by atoms with Gasteiger partial charge in [-0.15, -0.1) is 0 Å². The van der Waals surface area contributed by atoms with E-state index >= 15 is 0 Å². The zero-order chi connectivity index (χ0) is 23.1. The average Bonchev–Trinajstić information content (AvgIpc) is 3.49. The summed E-state index contributed by atoms with van der Waals surface area (Å²) in [7, 11) is 0. The van der Waals surface area contributed by atoms with Crippen molar-refractivity contribution in [3.05, 3.63) is 83.7 Å². The molecule has 0 unspecified atom stereocenters. The lowest BCUT2D eigenvalue weighted by Gasteiger charge is -2.09. The van der Waals surface area contributed by atoms with Crippen LogP contribution in [0.1, 0.15) is 30.0 Å². The molecule has 0 bridgehead atoms. The standard InChI is InChI=1S/C25H22ClN7O/c26-18-4-5-21-22(9-18)33(15-29-21)14-25(34)31-23-10-19(7-8-27-23)28-11-20-13-32-12-17(16-1-2-16)3-6-24(32)30-20/h3-10,12-13,15-16H,1-2,11,14H2,(H2,27,28,31,34). The topological polar surface area (TPSA) is 89.1 Å². The Kier molecular flexibility index (Phi) is 5.15. The van der Waals surface area contributed by atoms with Gasteiger partial charge in [-0.05, 0) is 54.7 Å². The summed E-state index contributed by atoms with van der Waals surface area (Å²) in [5.74, 6) is 0.987. The van der Waals surface area contributed by atoms with Crippen LogP contribution in [0.3, 0.4) is 0 Å².